The first-order valence-electron chi connectivity index (χ1n) is 15.8. The van der Waals surface area contributed by atoms with Crippen molar-refractivity contribution in [3.8, 4) is 41.2 Å². The molecule has 236 valence electrons. The summed E-state index contributed by atoms with van der Waals surface area (Å²) in [6, 6.07) is 5.72. The molecule has 5 aliphatic heterocycles. The smallest absolute Gasteiger partial charge is 0.319 e. The van der Waals surface area contributed by atoms with E-state index >= 15 is 4.39 Å². The lowest BCUT2D eigenvalue weighted by Crippen LogP contribution is -2.60. The Labute approximate surface area is 262 Å². The number of terminal acetylenes is 1. The second kappa shape index (κ2) is 10.1. The highest BCUT2D eigenvalue weighted by Crippen LogP contribution is 2.45. The Bertz CT molecular complexity index is 1990. The van der Waals surface area contributed by atoms with Crippen molar-refractivity contribution in [2.24, 2.45) is 0 Å². The van der Waals surface area contributed by atoms with Crippen LogP contribution in [0.15, 0.2) is 24.3 Å². The molecule has 0 aliphatic carbocycles. The quantitative estimate of drug-likeness (QED) is 0.318. The van der Waals surface area contributed by atoms with Crippen LogP contribution in [0, 0.1) is 24.0 Å². The van der Waals surface area contributed by atoms with E-state index in [4.69, 9.17) is 20.9 Å². The first-order chi connectivity index (χ1) is 22.3. The molecule has 0 saturated carbocycles. The summed E-state index contributed by atoms with van der Waals surface area (Å²) in [4.78, 5) is 18.4. The predicted molar refractivity (Wildman–Crippen MR) is 165 cm³/mol. The van der Waals surface area contributed by atoms with E-state index in [1.165, 1.54) is 24.3 Å². The van der Waals surface area contributed by atoms with Crippen LogP contribution in [0.4, 0.5) is 19.0 Å². The number of pyridine rings is 1. The van der Waals surface area contributed by atoms with Crippen LogP contribution in [0.1, 0.15) is 37.7 Å². The van der Waals surface area contributed by atoms with E-state index in [1.807, 2.05) is 0 Å². The second-order valence-corrected chi connectivity index (χ2v) is 13.2. The molecule has 5 atom stereocenters. The molecule has 46 heavy (non-hydrogen) atoms. The van der Waals surface area contributed by atoms with Gasteiger partial charge in [-0.25, -0.2) is 18.2 Å². The van der Waals surface area contributed by atoms with Gasteiger partial charge >= 0.3 is 6.01 Å². The summed E-state index contributed by atoms with van der Waals surface area (Å²) in [6.07, 6.45) is 8.89. The topological polar surface area (TPSA) is 95.9 Å². The zero-order chi connectivity index (χ0) is 31.3. The van der Waals surface area contributed by atoms with Crippen molar-refractivity contribution in [3.05, 3.63) is 41.5 Å². The van der Waals surface area contributed by atoms with Crippen molar-refractivity contribution in [2.75, 3.05) is 37.7 Å². The van der Waals surface area contributed by atoms with Crippen molar-refractivity contribution in [2.45, 2.75) is 61.9 Å². The van der Waals surface area contributed by atoms with Crippen LogP contribution in [0.25, 0.3) is 32.9 Å². The van der Waals surface area contributed by atoms with Crippen LogP contribution in [0.3, 0.4) is 0 Å². The van der Waals surface area contributed by atoms with Crippen LogP contribution in [0.5, 0.6) is 17.6 Å². The van der Waals surface area contributed by atoms with Gasteiger partial charge < -0.3 is 24.8 Å². The Kier molecular flexibility index (Phi) is 6.12. The zero-order valence-corrected chi connectivity index (χ0v) is 24.9. The molecule has 9 rings (SSSR count). The number of anilines is 1. The van der Waals surface area contributed by atoms with Crippen molar-refractivity contribution in [3.63, 3.8) is 0 Å². The number of nitrogens with one attached hydrogen (secondary N) is 1. The fraction of sp³-hybridized carbons (Fsp3) is 0.441. The molecule has 2 bridgehead atoms. The zero-order valence-electron chi connectivity index (χ0n) is 24.9. The number of ether oxygens (including phenoxy) is 2. The lowest BCUT2D eigenvalue weighted by atomic mass is 9.95. The molecule has 9 nitrogen and oxygen atoms in total. The van der Waals surface area contributed by atoms with Gasteiger partial charge in [-0.1, -0.05) is 12.0 Å². The van der Waals surface area contributed by atoms with Gasteiger partial charge in [0.1, 0.15) is 53.4 Å². The Hall–Kier alpha value is -4.34. The van der Waals surface area contributed by atoms with E-state index in [0.29, 0.717) is 36.1 Å². The monoisotopic (exact) mass is 628 g/mol. The predicted octanol–water partition coefficient (Wildman–Crippen LogP) is 4.47. The summed E-state index contributed by atoms with van der Waals surface area (Å²) in [5, 5.41) is 15.3. The van der Waals surface area contributed by atoms with Crippen LogP contribution in [-0.4, -0.2) is 87.6 Å². The van der Waals surface area contributed by atoms with Crippen LogP contribution >= 0.6 is 0 Å². The van der Waals surface area contributed by atoms with Crippen molar-refractivity contribution in [1.29, 1.82) is 0 Å². The molecule has 0 radical (unpaired) electrons. The van der Waals surface area contributed by atoms with Crippen LogP contribution < -0.4 is 19.7 Å². The van der Waals surface area contributed by atoms with Gasteiger partial charge in [0.25, 0.3) is 0 Å². The molecule has 0 spiro atoms. The maximum absolute atomic E-state index is 17.0. The number of phenols is 1. The molecule has 2 N–H and O–H groups in total. The van der Waals surface area contributed by atoms with Gasteiger partial charge in [0.05, 0.1) is 17.1 Å². The van der Waals surface area contributed by atoms with Crippen molar-refractivity contribution >= 4 is 27.5 Å². The Morgan fingerprint density at radius 3 is 2.91 bits per heavy atom. The number of nitrogens with zero attached hydrogens (tertiary/aromatic N) is 5. The molecule has 0 amide bonds. The number of halogens is 3. The standard InChI is InChI=1S/C34H31F3N6O3/c1-2-21-23(36)6-4-17-10-20(44)11-22(26(17)21)29-28(37)30-27-31(43-14-19-5-7-24(38-19)25(43)15-45-32(27)39-29)41-33(40-30)46-16-34-8-3-9-42(34)13-18(35)12-34/h1,4,6,10-11,18-19,24-25,38,44H,3,5,7-9,12-16H2/t18-,19-,24+,25+,34+/m0/s1. The fourth-order valence-corrected chi connectivity index (χ4v) is 8.56. The van der Waals surface area contributed by atoms with E-state index in [9.17, 15) is 13.9 Å². The molecule has 5 aliphatic rings. The number of benzene rings is 2. The van der Waals surface area contributed by atoms with Gasteiger partial charge in [-0.15, -0.1) is 6.42 Å². The normalized spacial score (nSPS) is 28.2. The Balaban J connectivity index is 1.25. The van der Waals surface area contributed by atoms with Gasteiger partial charge in [-0.2, -0.15) is 9.97 Å². The lowest BCUT2D eigenvalue weighted by Gasteiger charge is -2.40. The third kappa shape index (κ3) is 4.07. The summed E-state index contributed by atoms with van der Waals surface area (Å²) in [6.45, 7) is 2.27. The number of fused-ring (bicyclic) bond motifs is 7. The average molecular weight is 629 g/mol. The highest BCUT2D eigenvalue weighted by Gasteiger charge is 2.50. The van der Waals surface area contributed by atoms with Gasteiger partial charge in [-0.3, -0.25) is 4.90 Å². The number of phenolic OH excluding ortho intramolecular Hbond substituents is 1. The second-order valence-electron chi connectivity index (χ2n) is 13.2. The number of aromatic nitrogens is 3. The molecule has 0 unspecified atom stereocenters. The van der Waals surface area contributed by atoms with Gasteiger partial charge in [0.15, 0.2) is 5.82 Å². The highest BCUT2D eigenvalue weighted by molar-refractivity contribution is 6.04. The molecule has 7 heterocycles. The number of hydrogen-bond donors (Lipinski definition) is 2. The molecule has 4 saturated heterocycles. The number of piperazine rings is 1. The van der Waals surface area contributed by atoms with Crippen molar-refractivity contribution < 1.29 is 27.8 Å². The maximum Gasteiger partial charge on any atom is 0.319 e. The van der Waals surface area contributed by atoms with Crippen LogP contribution in [0.2, 0.25) is 0 Å². The summed E-state index contributed by atoms with van der Waals surface area (Å²) in [5.74, 6) is 1.35. The molecular weight excluding hydrogens is 597 g/mol. The fourth-order valence-electron chi connectivity index (χ4n) is 8.56. The van der Waals surface area contributed by atoms with E-state index in [2.05, 4.69) is 31.0 Å². The third-order valence-corrected chi connectivity index (χ3v) is 10.6. The van der Waals surface area contributed by atoms with Crippen LogP contribution in [-0.2, 0) is 0 Å². The third-order valence-electron chi connectivity index (χ3n) is 10.6. The SMILES string of the molecule is C#Cc1c(F)ccc2cc(O)cc(-c3nc4c5c(nc(OC[C@]67CCCN6C[C@@H](F)C7)nc5c3F)N3C[C@@H]5CC[C@@H](N5)[C@H]3CO4)c12. The summed E-state index contributed by atoms with van der Waals surface area (Å²) in [5.41, 5.74) is -0.688. The largest absolute Gasteiger partial charge is 0.508 e. The minimum absolute atomic E-state index is 0.0179. The first-order valence-corrected chi connectivity index (χ1v) is 15.8. The molecule has 2 aromatic carbocycles. The van der Waals surface area contributed by atoms with E-state index in [0.717, 1.165) is 32.2 Å². The molecule has 12 heteroatoms. The lowest BCUT2D eigenvalue weighted by molar-refractivity contribution is 0.107. The number of alkyl halides is 1. The number of hydrogen-bond acceptors (Lipinski definition) is 9. The average Bonchev–Trinajstić information content (AvgIpc) is 3.68. The Morgan fingerprint density at radius 1 is 1.15 bits per heavy atom. The number of aromatic hydroxyl groups is 1. The first kappa shape index (κ1) is 27.9. The molecule has 2 aromatic heterocycles. The van der Waals surface area contributed by atoms with E-state index in [-0.39, 0.29) is 76.7 Å². The van der Waals surface area contributed by atoms with Gasteiger partial charge in [0.2, 0.25) is 5.88 Å². The summed E-state index contributed by atoms with van der Waals surface area (Å²) in [7, 11) is 0. The molecule has 4 aromatic rings. The highest BCUT2D eigenvalue weighted by atomic mass is 19.1. The maximum atomic E-state index is 17.0. The van der Waals surface area contributed by atoms with E-state index in [1.54, 1.807) is 0 Å². The summed E-state index contributed by atoms with van der Waals surface area (Å²) >= 11 is 0. The molecular formula is C34H31F3N6O3. The summed E-state index contributed by atoms with van der Waals surface area (Å²) < 4.78 is 59.1. The number of rotatable bonds is 4. The van der Waals surface area contributed by atoms with E-state index < -0.39 is 23.3 Å². The minimum atomic E-state index is -0.927. The van der Waals surface area contributed by atoms with Gasteiger partial charge in [0, 0.05) is 42.5 Å². The minimum Gasteiger partial charge on any atom is -0.508 e. The molecule has 4 fully saturated rings. The van der Waals surface area contributed by atoms with Gasteiger partial charge in [-0.05, 0) is 55.8 Å². The Morgan fingerprint density at radius 2 is 2.04 bits per heavy atom. The van der Waals surface area contributed by atoms with Crippen molar-refractivity contribution in [1.82, 2.24) is 25.2 Å².